The zero-order valence-corrected chi connectivity index (χ0v) is 12.9. The lowest BCUT2D eigenvalue weighted by Crippen LogP contribution is -2.48. The Morgan fingerprint density at radius 2 is 1.95 bits per heavy atom. The molecule has 0 aliphatic heterocycles. The van der Waals surface area contributed by atoms with Crippen LogP contribution < -0.4 is 11.1 Å². The number of nitrogens with one attached hydrogen (secondary N) is 1. The molecular formula is C14H17Cl2N3O2. The van der Waals surface area contributed by atoms with E-state index in [9.17, 15) is 4.79 Å². The molecule has 0 bridgehead atoms. The van der Waals surface area contributed by atoms with E-state index in [1.54, 1.807) is 18.2 Å². The highest BCUT2D eigenvalue weighted by atomic mass is 35.5. The molecule has 5 nitrogen and oxygen atoms in total. The second-order valence-electron chi connectivity index (χ2n) is 5.21. The van der Waals surface area contributed by atoms with E-state index in [0.717, 1.165) is 19.3 Å². The molecule has 0 unspecified atom stereocenters. The summed E-state index contributed by atoms with van der Waals surface area (Å²) in [6.45, 7) is 0. The number of anilines is 1. The average Bonchev–Trinajstić information content (AvgIpc) is 2.49. The summed E-state index contributed by atoms with van der Waals surface area (Å²) < 4.78 is 0. The lowest BCUT2D eigenvalue weighted by molar-refractivity contribution is -0.123. The summed E-state index contributed by atoms with van der Waals surface area (Å²) in [4.78, 5) is 12.7. The van der Waals surface area contributed by atoms with E-state index in [4.69, 9.17) is 34.1 Å². The predicted molar refractivity (Wildman–Crippen MR) is 84.0 cm³/mol. The summed E-state index contributed by atoms with van der Waals surface area (Å²) in [6, 6.07) is 4.82. The summed E-state index contributed by atoms with van der Waals surface area (Å²) in [7, 11) is 0. The molecule has 1 aliphatic rings. The van der Waals surface area contributed by atoms with Gasteiger partial charge in [-0.1, -0.05) is 47.6 Å². The van der Waals surface area contributed by atoms with Gasteiger partial charge in [0, 0.05) is 5.02 Å². The number of carbonyl (C=O) groups is 1. The molecule has 1 aliphatic carbocycles. The zero-order chi connectivity index (χ0) is 15.5. The van der Waals surface area contributed by atoms with E-state index < -0.39 is 5.41 Å². The molecule has 4 N–H and O–H groups in total. The number of oxime groups is 1. The molecule has 0 heterocycles. The number of nitrogens with zero attached hydrogens (tertiary/aromatic N) is 1. The van der Waals surface area contributed by atoms with Crippen LogP contribution in [0.15, 0.2) is 23.4 Å². The van der Waals surface area contributed by atoms with Crippen LogP contribution >= 0.6 is 23.2 Å². The van der Waals surface area contributed by atoms with E-state index in [1.165, 1.54) is 0 Å². The number of rotatable bonds is 3. The first-order valence-electron chi connectivity index (χ1n) is 6.74. The van der Waals surface area contributed by atoms with Crippen LogP contribution in [0.2, 0.25) is 10.0 Å². The predicted octanol–water partition coefficient (Wildman–Crippen LogP) is 3.63. The van der Waals surface area contributed by atoms with Gasteiger partial charge in [0.15, 0.2) is 5.84 Å². The molecule has 21 heavy (non-hydrogen) atoms. The third-order valence-electron chi connectivity index (χ3n) is 3.92. The highest BCUT2D eigenvalue weighted by molar-refractivity contribution is 6.36. The van der Waals surface area contributed by atoms with Gasteiger partial charge >= 0.3 is 0 Å². The Balaban J connectivity index is 2.27. The van der Waals surface area contributed by atoms with Crippen molar-refractivity contribution in [2.75, 3.05) is 5.32 Å². The fraction of sp³-hybridized carbons (Fsp3) is 0.429. The molecule has 1 saturated carbocycles. The van der Waals surface area contributed by atoms with Gasteiger partial charge in [0.1, 0.15) is 5.41 Å². The Labute approximate surface area is 133 Å². The molecule has 1 amide bonds. The third-order valence-corrected chi connectivity index (χ3v) is 4.47. The molecular weight excluding hydrogens is 313 g/mol. The van der Waals surface area contributed by atoms with Gasteiger partial charge in [-0.05, 0) is 31.0 Å². The monoisotopic (exact) mass is 329 g/mol. The minimum Gasteiger partial charge on any atom is -0.409 e. The van der Waals surface area contributed by atoms with Crippen molar-refractivity contribution in [1.82, 2.24) is 0 Å². The first kappa shape index (κ1) is 15.9. The van der Waals surface area contributed by atoms with E-state index in [0.29, 0.717) is 28.6 Å². The van der Waals surface area contributed by atoms with Crippen molar-refractivity contribution in [3.8, 4) is 0 Å². The maximum atomic E-state index is 12.7. The maximum absolute atomic E-state index is 12.7. The van der Waals surface area contributed by atoms with Gasteiger partial charge in [0.25, 0.3) is 0 Å². The lowest BCUT2D eigenvalue weighted by Gasteiger charge is -2.34. The number of halogens is 2. The third kappa shape index (κ3) is 3.24. The van der Waals surface area contributed by atoms with Crippen molar-refractivity contribution in [2.45, 2.75) is 32.1 Å². The van der Waals surface area contributed by atoms with Gasteiger partial charge in [-0.25, -0.2) is 0 Å². The first-order valence-corrected chi connectivity index (χ1v) is 7.50. The van der Waals surface area contributed by atoms with Crippen LogP contribution in [-0.4, -0.2) is 17.0 Å². The number of amides is 1. The van der Waals surface area contributed by atoms with Crippen LogP contribution in [0.4, 0.5) is 5.69 Å². The molecule has 0 aromatic heterocycles. The normalized spacial score (nSPS) is 18.3. The Morgan fingerprint density at radius 3 is 2.52 bits per heavy atom. The number of hydrogen-bond acceptors (Lipinski definition) is 3. The SMILES string of the molecule is NC(=NO)C1(C(=O)Nc2ccc(Cl)cc2Cl)CCCCC1. The molecule has 1 aromatic rings. The molecule has 1 aromatic carbocycles. The first-order chi connectivity index (χ1) is 9.99. The van der Waals surface area contributed by atoms with Crippen molar-refractivity contribution >= 4 is 40.6 Å². The highest BCUT2D eigenvalue weighted by Gasteiger charge is 2.44. The second-order valence-corrected chi connectivity index (χ2v) is 6.05. The van der Waals surface area contributed by atoms with Gasteiger partial charge in [0.05, 0.1) is 10.7 Å². The average molecular weight is 330 g/mol. The molecule has 114 valence electrons. The Hall–Kier alpha value is -1.46. The fourth-order valence-electron chi connectivity index (χ4n) is 2.68. The lowest BCUT2D eigenvalue weighted by atomic mass is 9.72. The number of benzene rings is 1. The van der Waals surface area contributed by atoms with Crippen LogP contribution in [-0.2, 0) is 4.79 Å². The molecule has 0 atom stereocenters. The standard InChI is InChI=1S/C14H17Cl2N3O2/c15-9-4-5-11(10(16)8-9)18-13(20)14(12(17)19-21)6-2-1-3-7-14/h4-5,8,21H,1-3,6-7H2,(H2,17,19)(H,18,20). The Kier molecular flexibility index (Phi) is 4.96. The van der Waals surface area contributed by atoms with Crippen LogP contribution in [0, 0.1) is 5.41 Å². The quantitative estimate of drug-likeness (QED) is 0.342. The molecule has 0 saturated heterocycles. The highest BCUT2D eigenvalue weighted by Crippen LogP contribution is 2.38. The molecule has 0 spiro atoms. The van der Waals surface area contributed by atoms with E-state index in [-0.39, 0.29) is 11.7 Å². The van der Waals surface area contributed by atoms with E-state index >= 15 is 0 Å². The fourth-order valence-corrected chi connectivity index (χ4v) is 3.14. The van der Waals surface area contributed by atoms with E-state index in [1.807, 2.05) is 0 Å². The summed E-state index contributed by atoms with van der Waals surface area (Å²) >= 11 is 11.9. The Morgan fingerprint density at radius 1 is 1.29 bits per heavy atom. The van der Waals surface area contributed by atoms with Crippen molar-refractivity contribution in [2.24, 2.45) is 16.3 Å². The minimum atomic E-state index is -0.976. The van der Waals surface area contributed by atoms with Crippen molar-refractivity contribution in [1.29, 1.82) is 0 Å². The minimum absolute atomic E-state index is 0.0511. The van der Waals surface area contributed by atoms with Gasteiger partial charge in [0.2, 0.25) is 5.91 Å². The number of hydrogen-bond donors (Lipinski definition) is 3. The van der Waals surface area contributed by atoms with Crippen molar-refractivity contribution < 1.29 is 10.0 Å². The molecule has 2 rings (SSSR count). The largest absolute Gasteiger partial charge is 0.409 e. The molecule has 0 radical (unpaired) electrons. The summed E-state index contributed by atoms with van der Waals surface area (Å²) in [5, 5.41) is 15.7. The molecule has 1 fully saturated rings. The van der Waals surface area contributed by atoms with Crippen LogP contribution in [0.5, 0.6) is 0 Å². The van der Waals surface area contributed by atoms with Crippen LogP contribution in [0.25, 0.3) is 0 Å². The number of amidine groups is 1. The number of carbonyl (C=O) groups excluding carboxylic acids is 1. The smallest absolute Gasteiger partial charge is 0.238 e. The van der Waals surface area contributed by atoms with Gasteiger partial charge in [-0.2, -0.15) is 0 Å². The zero-order valence-electron chi connectivity index (χ0n) is 11.4. The van der Waals surface area contributed by atoms with Crippen LogP contribution in [0.3, 0.4) is 0 Å². The number of nitrogens with two attached hydrogens (primary N) is 1. The maximum Gasteiger partial charge on any atom is 0.238 e. The Bertz CT molecular complexity index is 569. The summed E-state index contributed by atoms with van der Waals surface area (Å²) in [5.41, 5.74) is 5.27. The summed E-state index contributed by atoms with van der Waals surface area (Å²) in [5.74, 6) is -0.355. The topological polar surface area (TPSA) is 87.7 Å². The van der Waals surface area contributed by atoms with Crippen molar-refractivity contribution in [3.63, 3.8) is 0 Å². The van der Waals surface area contributed by atoms with Crippen molar-refractivity contribution in [3.05, 3.63) is 28.2 Å². The van der Waals surface area contributed by atoms with Crippen LogP contribution in [0.1, 0.15) is 32.1 Å². The van der Waals surface area contributed by atoms with Gasteiger partial charge in [-0.3, -0.25) is 4.79 Å². The summed E-state index contributed by atoms with van der Waals surface area (Å²) in [6.07, 6.45) is 3.87. The van der Waals surface area contributed by atoms with E-state index in [2.05, 4.69) is 10.5 Å². The molecule has 7 heteroatoms. The second kappa shape index (κ2) is 6.54. The van der Waals surface area contributed by atoms with Gasteiger partial charge in [-0.15, -0.1) is 0 Å². The van der Waals surface area contributed by atoms with Gasteiger partial charge < -0.3 is 16.3 Å².